The molecule has 0 spiro atoms. The highest BCUT2D eigenvalue weighted by Crippen LogP contribution is 2.27. The van der Waals surface area contributed by atoms with Gasteiger partial charge in [0.15, 0.2) is 0 Å². The SMILES string of the molecule is CC1=CCC(C)CC1.CC1CCC(C)CC1.CC1CCC(C)OC1.CC1CCC(C)OC1.[HH]. The van der Waals surface area contributed by atoms with Crippen LogP contribution in [0.25, 0.3) is 0 Å². The Bertz CT molecular complexity index is 390. The lowest BCUT2D eigenvalue weighted by atomic mass is 9.84. The second kappa shape index (κ2) is 17.1. The topological polar surface area (TPSA) is 18.5 Å². The molecule has 2 aliphatic carbocycles. The lowest BCUT2D eigenvalue weighted by Crippen LogP contribution is -2.21. The molecule has 5 atom stereocenters. The minimum atomic E-state index is 0. The van der Waals surface area contributed by atoms with E-state index in [9.17, 15) is 0 Å². The molecule has 2 heterocycles. The summed E-state index contributed by atoms with van der Waals surface area (Å²) in [6.07, 6.45) is 18.6. The van der Waals surface area contributed by atoms with E-state index in [0.29, 0.717) is 12.2 Å². The second-order valence-electron chi connectivity index (χ2n) is 11.9. The van der Waals surface area contributed by atoms with E-state index < -0.39 is 0 Å². The summed E-state index contributed by atoms with van der Waals surface area (Å²) in [7, 11) is 0. The predicted octanol–water partition coefficient (Wildman–Crippen LogP) is 9.47. The van der Waals surface area contributed by atoms with Crippen LogP contribution in [0.2, 0.25) is 0 Å². The highest BCUT2D eigenvalue weighted by atomic mass is 16.5. The van der Waals surface area contributed by atoms with Crippen LogP contribution >= 0.6 is 0 Å². The molecule has 2 saturated heterocycles. The second-order valence-corrected chi connectivity index (χ2v) is 11.9. The van der Waals surface area contributed by atoms with Gasteiger partial charge in [-0.2, -0.15) is 0 Å². The van der Waals surface area contributed by atoms with Crippen molar-refractivity contribution < 1.29 is 10.9 Å². The molecule has 2 aliphatic heterocycles. The fraction of sp³-hybridized carbons (Fsp3) is 0.933. The average molecular weight is 453 g/mol. The maximum Gasteiger partial charge on any atom is 0.0547 e. The van der Waals surface area contributed by atoms with Gasteiger partial charge >= 0.3 is 0 Å². The molecule has 0 radical (unpaired) electrons. The zero-order valence-electron chi connectivity index (χ0n) is 23.1. The minimum Gasteiger partial charge on any atom is -0.378 e. The van der Waals surface area contributed by atoms with Crippen LogP contribution in [0.15, 0.2) is 11.6 Å². The first-order chi connectivity index (χ1) is 15.2. The van der Waals surface area contributed by atoms with E-state index in [-0.39, 0.29) is 1.43 Å². The van der Waals surface area contributed by atoms with Crippen molar-refractivity contribution >= 4 is 0 Å². The molecule has 4 aliphatic rings. The Kier molecular flexibility index (Phi) is 15.9. The van der Waals surface area contributed by atoms with Gasteiger partial charge in [0.25, 0.3) is 0 Å². The summed E-state index contributed by atoms with van der Waals surface area (Å²) in [5, 5.41) is 0. The zero-order chi connectivity index (χ0) is 23.9. The van der Waals surface area contributed by atoms with Crippen molar-refractivity contribution in [1.29, 1.82) is 0 Å². The van der Waals surface area contributed by atoms with Gasteiger partial charge < -0.3 is 9.47 Å². The Labute approximate surface area is 203 Å². The normalized spacial score (nSPS) is 37.2. The first kappa shape index (κ1) is 29.7. The van der Waals surface area contributed by atoms with Gasteiger partial charge in [0.2, 0.25) is 0 Å². The van der Waals surface area contributed by atoms with Crippen LogP contribution in [0.4, 0.5) is 0 Å². The molecule has 0 aromatic heterocycles. The smallest absolute Gasteiger partial charge is 0.0547 e. The Balaban J connectivity index is 0.000000410. The van der Waals surface area contributed by atoms with Crippen molar-refractivity contribution in [3.05, 3.63) is 11.6 Å². The Hall–Kier alpha value is -0.340. The van der Waals surface area contributed by atoms with Crippen LogP contribution < -0.4 is 0 Å². The Morgan fingerprint density at radius 1 is 0.562 bits per heavy atom. The standard InChI is InChI=1S/C8H16.C8H14.2C7H14O.H2/c2*1-7-3-5-8(2)6-4-7;2*1-6-3-4-7(2)8-5-6;/h7-8H,3-6H2,1-2H3;3,8H,4-6H2,1-2H3;2*6-7H,3-5H2,1-2H3;1H. The summed E-state index contributed by atoms with van der Waals surface area (Å²) in [5.41, 5.74) is 1.59. The van der Waals surface area contributed by atoms with Crippen molar-refractivity contribution in [2.75, 3.05) is 13.2 Å². The molecular weight excluding hydrogens is 392 g/mol. The molecule has 2 nitrogen and oxygen atoms in total. The number of allylic oxidation sites excluding steroid dienone is 2. The van der Waals surface area contributed by atoms with Crippen LogP contribution in [0.5, 0.6) is 0 Å². The lowest BCUT2D eigenvalue weighted by Gasteiger charge is -2.23. The van der Waals surface area contributed by atoms with Crippen LogP contribution in [0.3, 0.4) is 0 Å². The number of rotatable bonds is 0. The van der Waals surface area contributed by atoms with E-state index in [2.05, 4.69) is 61.5 Å². The molecule has 4 rings (SSSR count). The molecule has 192 valence electrons. The van der Waals surface area contributed by atoms with E-state index in [1.165, 1.54) is 70.6 Å². The highest BCUT2D eigenvalue weighted by molar-refractivity contribution is 5.02. The monoisotopic (exact) mass is 452 g/mol. The number of hydrogen-bond acceptors (Lipinski definition) is 2. The van der Waals surface area contributed by atoms with E-state index in [1.807, 2.05) is 0 Å². The van der Waals surface area contributed by atoms with Crippen LogP contribution in [-0.2, 0) is 9.47 Å². The molecular formula is C30H60O2. The number of hydrogen-bond donors (Lipinski definition) is 0. The van der Waals surface area contributed by atoms with E-state index >= 15 is 0 Å². The molecule has 1 saturated carbocycles. The van der Waals surface area contributed by atoms with Gasteiger partial charge in [-0.3, -0.25) is 0 Å². The number of ether oxygens (including phenoxy) is 2. The third-order valence-corrected chi connectivity index (χ3v) is 7.67. The minimum absolute atomic E-state index is 0. The summed E-state index contributed by atoms with van der Waals surface area (Å²) >= 11 is 0. The first-order valence-electron chi connectivity index (χ1n) is 14.0. The summed E-state index contributed by atoms with van der Waals surface area (Å²) in [6.45, 7) is 20.0. The zero-order valence-corrected chi connectivity index (χ0v) is 23.1. The van der Waals surface area contributed by atoms with Gasteiger partial charge in [0.1, 0.15) is 0 Å². The summed E-state index contributed by atoms with van der Waals surface area (Å²) in [5.74, 6) is 4.58. The van der Waals surface area contributed by atoms with Gasteiger partial charge in [-0.1, -0.05) is 72.0 Å². The third-order valence-electron chi connectivity index (χ3n) is 7.67. The first-order valence-corrected chi connectivity index (χ1v) is 14.0. The van der Waals surface area contributed by atoms with Crippen molar-refractivity contribution in [3.63, 3.8) is 0 Å². The quantitative estimate of drug-likeness (QED) is 0.341. The molecule has 2 heteroatoms. The van der Waals surface area contributed by atoms with Crippen LogP contribution in [-0.4, -0.2) is 25.4 Å². The molecule has 3 fully saturated rings. The maximum absolute atomic E-state index is 5.39. The highest BCUT2D eigenvalue weighted by Gasteiger charge is 2.14. The van der Waals surface area contributed by atoms with Crippen molar-refractivity contribution in [3.8, 4) is 0 Å². The maximum atomic E-state index is 5.39. The van der Waals surface area contributed by atoms with Gasteiger partial charge in [0, 0.05) is 14.6 Å². The molecule has 32 heavy (non-hydrogen) atoms. The fourth-order valence-corrected chi connectivity index (χ4v) is 4.55. The van der Waals surface area contributed by atoms with Crippen molar-refractivity contribution in [2.45, 2.75) is 138 Å². The molecule has 0 aromatic carbocycles. The Morgan fingerprint density at radius 3 is 1.22 bits per heavy atom. The van der Waals surface area contributed by atoms with Gasteiger partial charge in [-0.25, -0.2) is 0 Å². The van der Waals surface area contributed by atoms with Crippen LogP contribution in [0, 0.1) is 29.6 Å². The average Bonchev–Trinajstić information content (AvgIpc) is 2.78. The molecule has 0 aromatic rings. The van der Waals surface area contributed by atoms with E-state index in [1.54, 1.807) is 5.57 Å². The van der Waals surface area contributed by atoms with Crippen molar-refractivity contribution in [2.24, 2.45) is 29.6 Å². The van der Waals surface area contributed by atoms with Gasteiger partial charge in [0.05, 0.1) is 12.2 Å². The molecule has 5 unspecified atom stereocenters. The predicted molar refractivity (Wildman–Crippen MR) is 143 cm³/mol. The summed E-state index contributed by atoms with van der Waals surface area (Å²) in [6, 6.07) is 0. The lowest BCUT2D eigenvalue weighted by molar-refractivity contribution is 0.000174. The fourth-order valence-electron chi connectivity index (χ4n) is 4.55. The third kappa shape index (κ3) is 15.5. The van der Waals surface area contributed by atoms with Gasteiger partial charge in [-0.05, 0) is 95.3 Å². The van der Waals surface area contributed by atoms with Crippen LogP contribution in [0.1, 0.15) is 127 Å². The van der Waals surface area contributed by atoms with Crippen molar-refractivity contribution in [1.82, 2.24) is 0 Å². The molecule has 0 N–H and O–H groups in total. The largest absolute Gasteiger partial charge is 0.378 e. The Morgan fingerprint density at radius 2 is 0.969 bits per heavy atom. The molecule has 0 bridgehead atoms. The summed E-state index contributed by atoms with van der Waals surface area (Å²) in [4.78, 5) is 0. The van der Waals surface area contributed by atoms with E-state index in [4.69, 9.17) is 9.47 Å². The summed E-state index contributed by atoms with van der Waals surface area (Å²) < 4.78 is 10.8. The van der Waals surface area contributed by atoms with E-state index in [0.717, 1.165) is 42.8 Å². The van der Waals surface area contributed by atoms with Gasteiger partial charge in [-0.15, -0.1) is 0 Å². The molecule has 0 amide bonds.